The van der Waals surface area contributed by atoms with Crippen LogP contribution in [0.2, 0.25) is 0 Å². The second-order valence-electron chi connectivity index (χ2n) is 5.99. The average molecular weight is 288 g/mol. The van der Waals surface area contributed by atoms with Gasteiger partial charge in [-0.25, -0.2) is 0 Å². The van der Waals surface area contributed by atoms with E-state index in [0.29, 0.717) is 17.4 Å². The highest BCUT2D eigenvalue weighted by molar-refractivity contribution is 5.46. The summed E-state index contributed by atoms with van der Waals surface area (Å²) in [7, 11) is 0. The van der Waals surface area contributed by atoms with Gasteiger partial charge >= 0.3 is 0 Å². The molecule has 0 aliphatic rings. The van der Waals surface area contributed by atoms with Crippen LogP contribution in [0.25, 0.3) is 0 Å². The molecule has 2 heteroatoms. The predicted molar refractivity (Wildman–Crippen MR) is 88.5 cm³/mol. The molecule has 0 amide bonds. The smallest absolute Gasteiger partial charge is 0.0997 e. The Bertz CT molecular complexity index is 728. The lowest BCUT2D eigenvalue weighted by Crippen LogP contribution is -2.03. The average Bonchev–Trinajstić information content (AvgIpc) is 2.54. The zero-order chi connectivity index (χ0) is 16.1. The summed E-state index contributed by atoms with van der Waals surface area (Å²) in [5.41, 5.74) is 4.91. The van der Waals surface area contributed by atoms with E-state index in [0.717, 1.165) is 23.1 Å². The van der Waals surface area contributed by atoms with Crippen molar-refractivity contribution in [2.45, 2.75) is 39.0 Å². The Morgan fingerprint density at radius 3 is 2.14 bits per heavy atom. The molecule has 0 radical (unpaired) electrons. The lowest BCUT2D eigenvalue weighted by atomic mass is 9.87. The Labute approximate surface area is 132 Å². The van der Waals surface area contributed by atoms with Crippen LogP contribution in [0.1, 0.15) is 60.4 Å². The van der Waals surface area contributed by atoms with E-state index in [4.69, 9.17) is 5.26 Å². The summed E-state index contributed by atoms with van der Waals surface area (Å²) in [5.74, 6) is 0.655. The van der Waals surface area contributed by atoms with Gasteiger partial charge in [-0.2, -0.15) is 10.5 Å². The van der Waals surface area contributed by atoms with Gasteiger partial charge in [0.2, 0.25) is 0 Å². The van der Waals surface area contributed by atoms with Crippen molar-refractivity contribution in [2.75, 3.05) is 0 Å². The van der Waals surface area contributed by atoms with Crippen LogP contribution in [0.3, 0.4) is 0 Å². The summed E-state index contributed by atoms with van der Waals surface area (Å²) in [6.07, 6.45) is 0.829. The van der Waals surface area contributed by atoms with Crippen LogP contribution in [0.15, 0.2) is 42.5 Å². The molecule has 110 valence electrons. The van der Waals surface area contributed by atoms with Crippen molar-refractivity contribution in [3.8, 4) is 12.1 Å². The summed E-state index contributed by atoms with van der Waals surface area (Å²) < 4.78 is 0. The molecule has 1 unspecified atom stereocenters. The Kier molecular flexibility index (Phi) is 4.97. The zero-order valence-corrected chi connectivity index (χ0v) is 13.3. The molecule has 2 nitrogen and oxygen atoms in total. The summed E-state index contributed by atoms with van der Waals surface area (Å²) in [6, 6.07) is 18.3. The largest absolute Gasteiger partial charge is 0.192 e. The third kappa shape index (κ3) is 3.35. The highest BCUT2D eigenvalue weighted by atomic mass is 14.3. The number of hydrogen-bond acceptors (Lipinski definition) is 2. The van der Waals surface area contributed by atoms with Gasteiger partial charge in [-0.15, -0.1) is 0 Å². The fraction of sp³-hybridized carbons (Fsp3) is 0.300. The molecule has 22 heavy (non-hydrogen) atoms. The molecular formula is C20H20N2. The molecule has 0 saturated heterocycles. The van der Waals surface area contributed by atoms with Crippen molar-refractivity contribution >= 4 is 0 Å². The van der Waals surface area contributed by atoms with E-state index in [1.165, 1.54) is 5.56 Å². The number of hydrogen-bond donors (Lipinski definition) is 0. The molecule has 0 bridgehead atoms. The molecule has 2 rings (SSSR count). The summed E-state index contributed by atoms with van der Waals surface area (Å²) >= 11 is 0. The Morgan fingerprint density at radius 2 is 1.59 bits per heavy atom. The van der Waals surface area contributed by atoms with Gasteiger partial charge in [0.25, 0.3) is 0 Å². The van der Waals surface area contributed by atoms with Gasteiger partial charge < -0.3 is 0 Å². The summed E-state index contributed by atoms with van der Waals surface area (Å²) in [4.78, 5) is 0. The first-order chi connectivity index (χ1) is 10.6. The molecule has 0 spiro atoms. The van der Waals surface area contributed by atoms with Crippen LogP contribution in [-0.2, 0) is 6.42 Å². The van der Waals surface area contributed by atoms with Gasteiger partial charge in [-0.3, -0.25) is 0 Å². The first-order valence-electron chi connectivity index (χ1n) is 7.58. The van der Waals surface area contributed by atoms with Gasteiger partial charge in [0, 0.05) is 0 Å². The first-order valence-corrected chi connectivity index (χ1v) is 7.58. The van der Waals surface area contributed by atoms with Crippen LogP contribution in [-0.4, -0.2) is 0 Å². The zero-order valence-electron chi connectivity index (χ0n) is 13.3. The van der Waals surface area contributed by atoms with Crippen LogP contribution in [0, 0.1) is 22.7 Å². The molecule has 0 heterocycles. The maximum absolute atomic E-state index is 9.51. The van der Waals surface area contributed by atoms with Gasteiger partial charge in [-0.05, 0) is 47.1 Å². The maximum Gasteiger partial charge on any atom is 0.0997 e. The first kappa shape index (κ1) is 15.8. The molecular weight excluding hydrogens is 268 g/mol. The third-order valence-electron chi connectivity index (χ3n) is 4.05. The SMILES string of the molecule is CC(C)c1cccc(CC(C)c2ccc(C#N)cc2)c1C#N. The van der Waals surface area contributed by atoms with E-state index >= 15 is 0 Å². The van der Waals surface area contributed by atoms with Crippen molar-refractivity contribution < 1.29 is 0 Å². The lowest BCUT2D eigenvalue weighted by Gasteiger charge is -2.16. The van der Waals surface area contributed by atoms with Gasteiger partial charge in [0.05, 0.1) is 23.3 Å². The van der Waals surface area contributed by atoms with Gasteiger partial charge in [0.15, 0.2) is 0 Å². The third-order valence-corrected chi connectivity index (χ3v) is 4.05. The second-order valence-corrected chi connectivity index (χ2v) is 5.99. The highest BCUT2D eigenvalue weighted by Crippen LogP contribution is 2.27. The number of nitrogens with zero attached hydrogens (tertiary/aromatic N) is 2. The van der Waals surface area contributed by atoms with Crippen LogP contribution < -0.4 is 0 Å². The molecule has 1 atom stereocenters. The summed E-state index contributed by atoms with van der Waals surface area (Å²) in [6.45, 7) is 6.39. The van der Waals surface area contributed by atoms with Crippen LogP contribution >= 0.6 is 0 Å². The summed E-state index contributed by atoms with van der Waals surface area (Å²) in [5, 5.41) is 18.4. The van der Waals surface area contributed by atoms with Crippen molar-refractivity contribution in [3.05, 3.63) is 70.3 Å². The molecule has 0 fully saturated rings. The minimum Gasteiger partial charge on any atom is -0.192 e. The van der Waals surface area contributed by atoms with Gasteiger partial charge in [0.1, 0.15) is 0 Å². The topological polar surface area (TPSA) is 47.6 Å². The molecule has 0 aliphatic carbocycles. The predicted octanol–water partition coefficient (Wildman–Crippen LogP) is 4.90. The second kappa shape index (κ2) is 6.92. The Balaban J connectivity index is 2.28. The van der Waals surface area contributed by atoms with E-state index in [9.17, 15) is 5.26 Å². The van der Waals surface area contributed by atoms with Crippen LogP contribution in [0.4, 0.5) is 0 Å². The van der Waals surface area contributed by atoms with Crippen molar-refractivity contribution in [3.63, 3.8) is 0 Å². The fourth-order valence-corrected chi connectivity index (χ4v) is 2.74. The van der Waals surface area contributed by atoms with Gasteiger partial charge in [-0.1, -0.05) is 51.1 Å². The van der Waals surface area contributed by atoms with Crippen molar-refractivity contribution in [1.82, 2.24) is 0 Å². The lowest BCUT2D eigenvalue weighted by molar-refractivity contribution is 0.753. The molecule has 0 N–H and O–H groups in total. The van der Waals surface area contributed by atoms with Crippen molar-refractivity contribution in [2.24, 2.45) is 0 Å². The van der Waals surface area contributed by atoms with Crippen LogP contribution in [0.5, 0.6) is 0 Å². The fourth-order valence-electron chi connectivity index (χ4n) is 2.74. The molecule has 0 saturated carbocycles. The van der Waals surface area contributed by atoms with E-state index in [-0.39, 0.29) is 0 Å². The number of benzene rings is 2. The molecule has 2 aromatic rings. The molecule has 0 aromatic heterocycles. The normalized spacial score (nSPS) is 11.7. The minimum atomic E-state index is 0.308. The monoisotopic (exact) mass is 288 g/mol. The molecule has 2 aromatic carbocycles. The Morgan fingerprint density at radius 1 is 0.909 bits per heavy atom. The standard InChI is InChI=1S/C20H20N2/c1-14(2)19-6-4-5-18(20(19)13-22)11-15(3)17-9-7-16(12-21)8-10-17/h4-10,14-15H,11H2,1-3H3. The number of rotatable bonds is 4. The van der Waals surface area contributed by atoms with E-state index in [1.54, 1.807) is 0 Å². The van der Waals surface area contributed by atoms with E-state index < -0.39 is 0 Å². The highest BCUT2D eigenvalue weighted by Gasteiger charge is 2.14. The number of nitriles is 2. The van der Waals surface area contributed by atoms with E-state index in [2.05, 4.69) is 32.9 Å². The minimum absolute atomic E-state index is 0.308. The molecule has 0 aliphatic heterocycles. The van der Waals surface area contributed by atoms with Crippen molar-refractivity contribution in [1.29, 1.82) is 10.5 Å². The maximum atomic E-state index is 9.51. The quantitative estimate of drug-likeness (QED) is 0.803. The van der Waals surface area contributed by atoms with E-state index in [1.807, 2.05) is 42.5 Å². The Hall–Kier alpha value is -2.58.